The minimum absolute atomic E-state index is 0.194. The fourth-order valence-corrected chi connectivity index (χ4v) is 1.90. The summed E-state index contributed by atoms with van der Waals surface area (Å²) in [5, 5.41) is 0. The first-order valence-corrected chi connectivity index (χ1v) is 4.71. The molecule has 0 N–H and O–H groups in total. The van der Waals surface area contributed by atoms with Crippen molar-refractivity contribution in [1.29, 1.82) is 0 Å². The molecule has 0 bridgehead atoms. The standard InChI is InChI=1S/C8H9ClO2S/c1-5(11-6(2)10)7-3-4-8(9)12-7/h3-5H,1-2H3/t5-/m1/s1. The van der Waals surface area contributed by atoms with Gasteiger partial charge >= 0.3 is 5.97 Å². The van der Waals surface area contributed by atoms with Crippen LogP contribution in [0.1, 0.15) is 24.8 Å². The van der Waals surface area contributed by atoms with E-state index in [2.05, 4.69) is 0 Å². The van der Waals surface area contributed by atoms with Crippen molar-refractivity contribution in [3.8, 4) is 0 Å². The molecule has 1 atom stereocenters. The average Bonchev–Trinajstić information content (AvgIpc) is 2.34. The Kier molecular flexibility index (Phi) is 3.12. The lowest BCUT2D eigenvalue weighted by molar-refractivity contribution is -0.145. The number of hydrogen-bond donors (Lipinski definition) is 0. The summed E-state index contributed by atoms with van der Waals surface area (Å²) in [6.07, 6.45) is -0.194. The molecule has 0 unspecified atom stereocenters. The summed E-state index contributed by atoms with van der Waals surface area (Å²) in [7, 11) is 0. The van der Waals surface area contributed by atoms with Crippen LogP contribution < -0.4 is 0 Å². The molecule has 0 aliphatic rings. The molecule has 4 heteroatoms. The van der Waals surface area contributed by atoms with E-state index in [9.17, 15) is 4.79 Å². The van der Waals surface area contributed by atoms with Crippen molar-refractivity contribution in [2.24, 2.45) is 0 Å². The van der Waals surface area contributed by atoms with Gasteiger partial charge in [0.1, 0.15) is 6.10 Å². The van der Waals surface area contributed by atoms with Crippen LogP contribution in [0.25, 0.3) is 0 Å². The third kappa shape index (κ3) is 2.50. The highest BCUT2D eigenvalue weighted by molar-refractivity contribution is 7.16. The summed E-state index contributed by atoms with van der Waals surface area (Å²) < 4.78 is 5.67. The Bertz CT molecular complexity index is 282. The Hall–Kier alpha value is -0.540. The van der Waals surface area contributed by atoms with Crippen molar-refractivity contribution in [3.63, 3.8) is 0 Å². The van der Waals surface area contributed by atoms with E-state index in [0.717, 1.165) is 4.88 Å². The highest BCUT2D eigenvalue weighted by atomic mass is 35.5. The fraction of sp³-hybridized carbons (Fsp3) is 0.375. The van der Waals surface area contributed by atoms with Gasteiger partial charge in [0.2, 0.25) is 0 Å². The Morgan fingerprint density at radius 1 is 1.67 bits per heavy atom. The van der Waals surface area contributed by atoms with E-state index < -0.39 is 0 Å². The van der Waals surface area contributed by atoms with Crippen LogP contribution in [-0.2, 0) is 9.53 Å². The van der Waals surface area contributed by atoms with Crippen LogP contribution in [0, 0.1) is 0 Å². The Morgan fingerprint density at radius 3 is 2.75 bits per heavy atom. The van der Waals surface area contributed by atoms with Crippen LogP contribution in [0.4, 0.5) is 0 Å². The third-order valence-corrected chi connectivity index (χ3v) is 2.73. The van der Waals surface area contributed by atoms with Crippen LogP contribution in [-0.4, -0.2) is 5.97 Å². The van der Waals surface area contributed by atoms with Gasteiger partial charge in [-0.25, -0.2) is 0 Å². The molecule has 1 aromatic heterocycles. The van der Waals surface area contributed by atoms with Crippen molar-refractivity contribution < 1.29 is 9.53 Å². The first-order valence-electron chi connectivity index (χ1n) is 3.52. The second-order valence-corrected chi connectivity index (χ2v) is 4.14. The Labute approximate surface area is 80.1 Å². The van der Waals surface area contributed by atoms with Crippen molar-refractivity contribution in [1.82, 2.24) is 0 Å². The maximum Gasteiger partial charge on any atom is 0.303 e. The van der Waals surface area contributed by atoms with Gasteiger partial charge in [0, 0.05) is 11.8 Å². The molecule has 2 nitrogen and oxygen atoms in total. The molecule has 1 aromatic rings. The molecule has 0 aliphatic heterocycles. The first-order chi connectivity index (χ1) is 5.59. The van der Waals surface area contributed by atoms with Gasteiger partial charge in [-0.05, 0) is 19.1 Å². The van der Waals surface area contributed by atoms with Gasteiger partial charge in [0.25, 0.3) is 0 Å². The molecule has 0 aromatic carbocycles. The Morgan fingerprint density at radius 2 is 2.33 bits per heavy atom. The number of esters is 1. The predicted octanol–water partition coefficient (Wildman–Crippen LogP) is 3.03. The van der Waals surface area contributed by atoms with E-state index >= 15 is 0 Å². The van der Waals surface area contributed by atoms with E-state index in [4.69, 9.17) is 16.3 Å². The largest absolute Gasteiger partial charge is 0.457 e. The maximum absolute atomic E-state index is 10.6. The fourth-order valence-electron chi connectivity index (χ4n) is 0.854. The van der Waals surface area contributed by atoms with Gasteiger partial charge in [-0.1, -0.05) is 11.6 Å². The minimum Gasteiger partial charge on any atom is -0.457 e. The van der Waals surface area contributed by atoms with Gasteiger partial charge in [-0.15, -0.1) is 11.3 Å². The highest BCUT2D eigenvalue weighted by Crippen LogP contribution is 2.28. The summed E-state index contributed by atoms with van der Waals surface area (Å²) in [5.41, 5.74) is 0. The average molecular weight is 205 g/mol. The molecule has 0 saturated heterocycles. The van der Waals surface area contributed by atoms with E-state index in [0.29, 0.717) is 4.34 Å². The lowest BCUT2D eigenvalue weighted by Gasteiger charge is -2.08. The van der Waals surface area contributed by atoms with Crippen LogP contribution >= 0.6 is 22.9 Å². The molecule has 1 rings (SSSR count). The lowest BCUT2D eigenvalue weighted by Crippen LogP contribution is -2.02. The minimum atomic E-state index is -0.271. The number of carbonyl (C=O) groups excluding carboxylic acids is 1. The first kappa shape index (κ1) is 9.55. The molecule has 0 spiro atoms. The number of ether oxygens (including phenoxy) is 1. The SMILES string of the molecule is CC(=O)O[C@H](C)c1ccc(Cl)s1. The quantitative estimate of drug-likeness (QED) is 0.693. The van der Waals surface area contributed by atoms with Crippen LogP contribution in [0.5, 0.6) is 0 Å². The number of carbonyl (C=O) groups is 1. The van der Waals surface area contributed by atoms with Gasteiger partial charge in [-0.3, -0.25) is 4.79 Å². The summed E-state index contributed by atoms with van der Waals surface area (Å²) in [5.74, 6) is -0.271. The number of thiophene rings is 1. The number of rotatable bonds is 2. The molecule has 0 aliphatic carbocycles. The number of halogens is 1. The van der Waals surface area contributed by atoms with Gasteiger partial charge in [0.15, 0.2) is 0 Å². The lowest BCUT2D eigenvalue weighted by atomic mass is 10.3. The number of hydrogen-bond acceptors (Lipinski definition) is 3. The van der Waals surface area contributed by atoms with E-state index in [-0.39, 0.29) is 12.1 Å². The molecular formula is C8H9ClO2S. The van der Waals surface area contributed by atoms with Crippen LogP contribution in [0.2, 0.25) is 4.34 Å². The van der Waals surface area contributed by atoms with E-state index in [1.54, 1.807) is 6.07 Å². The molecule has 0 amide bonds. The summed E-state index contributed by atoms with van der Waals surface area (Å²) in [4.78, 5) is 11.6. The van der Waals surface area contributed by atoms with Crippen LogP contribution in [0.15, 0.2) is 12.1 Å². The van der Waals surface area contributed by atoms with Crippen LogP contribution in [0.3, 0.4) is 0 Å². The predicted molar refractivity (Wildman–Crippen MR) is 49.5 cm³/mol. The second kappa shape index (κ2) is 3.92. The van der Waals surface area contributed by atoms with E-state index in [1.807, 2.05) is 13.0 Å². The zero-order chi connectivity index (χ0) is 9.14. The van der Waals surface area contributed by atoms with Crippen molar-refractivity contribution >= 4 is 28.9 Å². The molecule has 12 heavy (non-hydrogen) atoms. The smallest absolute Gasteiger partial charge is 0.303 e. The summed E-state index contributed by atoms with van der Waals surface area (Å²) >= 11 is 7.15. The summed E-state index contributed by atoms with van der Waals surface area (Å²) in [6.45, 7) is 3.22. The molecule has 0 radical (unpaired) electrons. The molecule has 0 fully saturated rings. The zero-order valence-corrected chi connectivity index (χ0v) is 8.41. The molecule has 1 heterocycles. The Balaban J connectivity index is 2.64. The monoisotopic (exact) mass is 204 g/mol. The molecule has 66 valence electrons. The van der Waals surface area contributed by atoms with Crippen molar-refractivity contribution in [2.45, 2.75) is 20.0 Å². The van der Waals surface area contributed by atoms with Gasteiger partial charge in [0.05, 0.1) is 4.34 Å². The third-order valence-electron chi connectivity index (χ3n) is 1.34. The summed E-state index contributed by atoms with van der Waals surface area (Å²) in [6, 6.07) is 3.65. The van der Waals surface area contributed by atoms with Gasteiger partial charge < -0.3 is 4.74 Å². The second-order valence-electron chi connectivity index (χ2n) is 2.39. The van der Waals surface area contributed by atoms with Crippen molar-refractivity contribution in [2.75, 3.05) is 0 Å². The topological polar surface area (TPSA) is 26.3 Å². The molecule has 0 saturated carbocycles. The van der Waals surface area contributed by atoms with Crippen molar-refractivity contribution in [3.05, 3.63) is 21.3 Å². The highest BCUT2D eigenvalue weighted by Gasteiger charge is 2.10. The van der Waals surface area contributed by atoms with Gasteiger partial charge in [-0.2, -0.15) is 0 Å². The van der Waals surface area contributed by atoms with E-state index in [1.165, 1.54) is 18.3 Å². The normalized spacial score (nSPS) is 12.6. The maximum atomic E-state index is 10.6. The molecular weight excluding hydrogens is 196 g/mol. The zero-order valence-electron chi connectivity index (χ0n) is 6.83.